The minimum atomic E-state index is -0.339. The number of nitrogens with zero attached hydrogens (tertiary/aromatic N) is 2. The van der Waals surface area contributed by atoms with E-state index in [0.29, 0.717) is 21.9 Å². The molecule has 2 rings (SSSR count). The average molecular weight is 327 g/mol. The molecular weight excluding hydrogens is 315 g/mol. The van der Waals surface area contributed by atoms with Gasteiger partial charge in [-0.15, -0.1) is 0 Å². The van der Waals surface area contributed by atoms with Gasteiger partial charge in [0.25, 0.3) is 0 Å². The van der Waals surface area contributed by atoms with Crippen molar-refractivity contribution in [1.82, 2.24) is 9.97 Å². The maximum atomic E-state index is 13.1. The summed E-state index contributed by atoms with van der Waals surface area (Å²) in [6.07, 6.45) is 0. The number of nitrogens with two attached hydrogens (primary N) is 1. The molecule has 0 atom stereocenters. The number of aromatic nitrogens is 2. The standard InChI is InChI=1S/C12H12BrFN4O/c1-7-4-11(18-15)17-12(16-7)6-19-8-2-3-10(14)9(13)5-8/h2-5H,6,15H2,1H3,(H,16,17,18). The summed E-state index contributed by atoms with van der Waals surface area (Å²) >= 11 is 3.09. The van der Waals surface area contributed by atoms with Gasteiger partial charge in [-0.1, -0.05) is 0 Å². The van der Waals surface area contributed by atoms with Crippen molar-refractivity contribution in [2.75, 3.05) is 5.43 Å². The number of aryl methyl sites for hydroxylation is 1. The van der Waals surface area contributed by atoms with Crippen LogP contribution in [-0.2, 0) is 6.61 Å². The minimum Gasteiger partial charge on any atom is -0.486 e. The Bertz CT molecular complexity index is 594. The second-order valence-electron chi connectivity index (χ2n) is 3.82. The average Bonchev–Trinajstić information content (AvgIpc) is 2.39. The fourth-order valence-corrected chi connectivity index (χ4v) is 1.84. The van der Waals surface area contributed by atoms with Crippen molar-refractivity contribution in [3.8, 4) is 5.75 Å². The number of hydrogen-bond acceptors (Lipinski definition) is 5. The smallest absolute Gasteiger partial charge is 0.168 e. The number of nitrogen functional groups attached to an aromatic ring is 1. The zero-order valence-electron chi connectivity index (χ0n) is 10.2. The van der Waals surface area contributed by atoms with E-state index in [1.165, 1.54) is 12.1 Å². The first-order valence-corrected chi connectivity index (χ1v) is 6.27. The van der Waals surface area contributed by atoms with E-state index in [9.17, 15) is 4.39 Å². The van der Waals surface area contributed by atoms with Gasteiger partial charge < -0.3 is 10.2 Å². The molecule has 0 fully saturated rings. The summed E-state index contributed by atoms with van der Waals surface area (Å²) in [5, 5.41) is 0. The molecule has 100 valence electrons. The SMILES string of the molecule is Cc1cc(NN)nc(COc2ccc(F)c(Br)c2)n1. The van der Waals surface area contributed by atoms with Crippen LogP contribution >= 0.6 is 15.9 Å². The van der Waals surface area contributed by atoms with E-state index in [2.05, 4.69) is 31.3 Å². The molecule has 0 radical (unpaired) electrons. The molecule has 1 heterocycles. The molecule has 1 aromatic heterocycles. The maximum Gasteiger partial charge on any atom is 0.168 e. The van der Waals surface area contributed by atoms with Gasteiger partial charge in [0.1, 0.15) is 24.0 Å². The number of nitrogens with one attached hydrogen (secondary N) is 1. The summed E-state index contributed by atoms with van der Waals surface area (Å²) in [4.78, 5) is 8.37. The lowest BCUT2D eigenvalue weighted by molar-refractivity contribution is 0.295. The number of rotatable bonds is 4. The van der Waals surface area contributed by atoms with Gasteiger partial charge in [0.2, 0.25) is 0 Å². The highest BCUT2D eigenvalue weighted by Gasteiger charge is 2.05. The second kappa shape index (κ2) is 5.94. The van der Waals surface area contributed by atoms with Gasteiger partial charge in [-0.3, -0.25) is 0 Å². The predicted molar refractivity (Wildman–Crippen MR) is 73.0 cm³/mol. The fraction of sp³-hybridized carbons (Fsp3) is 0.167. The first-order valence-electron chi connectivity index (χ1n) is 5.47. The number of anilines is 1. The molecule has 0 aliphatic heterocycles. The van der Waals surface area contributed by atoms with Gasteiger partial charge in [0.15, 0.2) is 5.82 Å². The van der Waals surface area contributed by atoms with E-state index in [-0.39, 0.29) is 12.4 Å². The van der Waals surface area contributed by atoms with Gasteiger partial charge >= 0.3 is 0 Å². The lowest BCUT2D eigenvalue weighted by Crippen LogP contribution is -2.12. The molecule has 19 heavy (non-hydrogen) atoms. The van der Waals surface area contributed by atoms with Crippen LogP contribution in [0.3, 0.4) is 0 Å². The van der Waals surface area contributed by atoms with E-state index in [1.54, 1.807) is 12.1 Å². The van der Waals surface area contributed by atoms with Crippen molar-refractivity contribution in [1.29, 1.82) is 0 Å². The third kappa shape index (κ3) is 3.62. The molecule has 0 aliphatic rings. The van der Waals surface area contributed by atoms with Crippen molar-refractivity contribution < 1.29 is 9.13 Å². The predicted octanol–water partition coefficient (Wildman–Crippen LogP) is 2.55. The summed E-state index contributed by atoms with van der Waals surface area (Å²) in [6.45, 7) is 2.01. The molecule has 7 heteroatoms. The van der Waals surface area contributed by atoms with Gasteiger partial charge in [0, 0.05) is 11.8 Å². The lowest BCUT2D eigenvalue weighted by Gasteiger charge is -2.08. The molecule has 0 saturated heterocycles. The highest BCUT2D eigenvalue weighted by molar-refractivity contribution is 9.10. The Morgan fingerprint density at radius 3 is 2.84 bits per heavy atom. The Morgan fingerprint density at radius 2 is 2.16 bits per heavy atom. The normalized spacial score (nSPS) is 10.3. The second-order valence-corrected chi connectivity index (χ2v) is 4.67. The summed E-state index contributed by atoms with van der Waals surface area (Å²) in [5.41, 5.74) is 3.24. The van der Waals surface area contributed by atoms with Crippen LogP contribution in [0.15, 0.2) is 28.7 Å². The highest BCUT2D eigenvalue weighted by atomic mass is 79.9. The van der Waals surface area contributed by atoms with Crippen LogP contribution in [0.25, 0.3) is 0 Å². The van der Waals surface area contributed by atoms with E-state index in [1.807, 2.05) is 6.92 Å². The van der Waals surface area contributed by atoms with Crippen molar-refractivity contribution in [3.05, 3.63) is 46.1 Å². The highest BCUT2D eigenvalue weighted by Crippen LogP contribution is 2.22. The Balaban J connectivity index is 2.09. The van der Waals surface area contributed by atoms with Crippen LogP contribution in [0, 0.1) is 12.7 Å². The maximum absolute atomic E-state index is 13.1. The molecule has 0 saturated carbocycles. The summed E-state index contributed by atoms with van der Waals surface area (Å²) in [6, 6.07) is 6.13. The van der Waals surface area contributed by atoms with Crippen molar-refractivity contribution >= 4 is 21.7 Å². The zero-order valence-corrected chi connectivity index (χ0v) is 11.7. The molecule has 0 spiro atoms. The number of ether oxygens (including phenoxy) is 1. The largest absolute Gasteiger partial charge is 0.486 e. The van der Waals surface area contributed by atoms with Crippen LogP contribution < -0.4 is 16.0 Å². The van der Waals surface area contributed by atoms with E-state index < -0.39 is 0 Å². The molecule has 0 aliphatic carbocycles. The fourth-order valence-electron chi connectivity index (χ4n) is 1.48. The van der Waals surface area contributed by atoms with Crippen LogP contribution in [0.2, 0.25) is 0 Å². The number of halogens is 2. The van der Waals surface area contributed by atoms with E-state index in [0.717, 1.165) is 5.69 Å². The van der Waals surface area contributed by atoms with E-state index >= 15 is 0 Å². The molecule has 0 bridgehead atoms. The Hall–Kier alpha value is -1.73. The Morgan fingerprint density at radius 1 is 1.37 bits per heavy atom. The van der Waals surface area contributed by atoms with Crippen LogP contribution in [0.4, 0.5) is 10.2 Å². The van der Waals surface area contributed by atoms with Crippen LogP contribution in [0.5, 0.6) is 5.75 Å². The third-order valence-corrected chi connectivity index (χ3v) is 2.92. The van der Waals surface area contributed by atoms with Crippen molar-refractivity contribution in [2.24, 2.45) is 5.84 Å². The molecule has 5 nitrogen and oxygen atoms in total. The Labute approximate surface area is 118 Å². The molecule has 2 aromatic rings. The lowest BCUT2D eigenvalue weighted by atomic mass is 10.3. The monoisotopic (exact) mass is 326 g/mol. The summed E-state index contributed by atoms with van der Waals surface area (Å²) in [5.74, 6) is 6.51. The topological polar surface area (TPSA) is 73.1 Å². The van der Waals surface area contributed by atoms with Crippen molar-refractivity contribution in [2.45, 2.75) is 13.5 Å². The Kier molecular flexibility index (Phi) is 4.28. The number of benzene rings is 1. The molecule has 0 amide bonds. The van der Waals surface area contributed by atoms with Gasteiger partial charge in [0.05, 0.1) is 4.47 Å². The minimum absolute atomic E-state index is 0.175. The van der Waals surface area contributed by atoms with Crippen LogP contribution in [0.1, 0.15) is 11.5 Å². The van der Waals surface area contributed by atoms with Gasteiger partial charge in [-0.05, 0) is 41.1 Å². The van der Waals surface area contributed by atoms with Crippen LogP contribution in [-0.4, -0.2) is 9.97 Å². The van der Waals surface area contributed by atoms with Gasteiger partial charge in [-0.25, -0.2) is 20.2 Å². The van der Waals surface area contributed by atoms with E-state index in [4.69, 9.17) is 10.6 Å². The number of hydrazine groups is 1. The quantitative estimate of drug-likeness (QED) is 0.667. The third-order valence-electron chi connectivity index (χ3n) is 2.31. The molecular formula is C12H12BrFN4O. The van der Waals surface area contributed by atoms with Crippen molar-refractivity contribution in [3.63, 3.8) is 0 Å². The summed E-state index contributed by atoms with van der Waals surface area (Å²) in [7, 11) is 0. The summed E-state index contributed by atoms with van der Waals surface area (Å²) < 4.78 is 18.9. The first kappa shape index (κ1) is 13.7. The number of hydrogen-bond donors (Lipinski definition) is 2. The first-order chi connectivity index (χ1) is 9.08. The zero-order chi connectivity index (χ0) is 13.8. The van der Waals surface area contributed by atoms with Gasteiger partial charge in [-0.2, -0.15) is 0 Å². The molecule has 3 N–H and O–H groups in total. The molecule has 0 unspecified atom stereocenters. The molecule has 1 aromatic carbocycles.